The van der Waals surface area contributed by atoms with Gasteiger partial charge in [-0.05, 0) is 31.5 Å². The first-order valence-electron chi connectivity index (χ1n) is 6.91. The van der Waals surface area contributed by atoms with Crippen LogP contribution in [0.3, 0.4) is 0 Å². The number of carbonyl (C=O) groups is 1. The number of aromatic hydroxyl groups is 1. The van der Waals surface area contributed by atoms with E-state index in [0.29, 0.717) is 17.6 Å². The Labute approximate surface area is 131 Å². The lowest BCUT2D eigenvalue weighted by molar-refractivity contribution is -0.142. The Bertz CT molecular complexity index is 686. The SMILES string of the molecule is CCOC(=O)[C@@H]1Sc2nnc(C)n2N[C@H]1c1ccc(O)cc1. The first-order chi connectivity index (χ1) is 10.6. The molecule has 0 spiro atoms. The molecule has 0 unspecified atom stereocenters. The highest BCUT2D eigenvalue weighted by Gasteiger charge is 2.38. The van der Waals surface area contributed by atoms with E-state index in [1.165, 1.54) is 11.8 Å². The molecule has 2 heterocycles. The third-order valence-corrected chi connectivity index (χ3v) is 4.56. The number of nitrogens with zero attached hydrogens (tertiary/aromatic N) is 3. The summed E-state index contributed by atoms with van der Waals surface area (Å²) in [5.41, 5.74) is 4.14. The van der Waals surface area contributed by atoms with Gasteiger partial charge in [0.25, 0.3) is 0 Å². The average molecular weight is 320 g/mol. The monoisotopic (exact) mass is 320 g/mol. The predicted molar refractivity (Wildman–Crippen MR) is 81.2 cm³/mol. The molecule has 116 valence electrons. The van der Waals surface area contributed by atoms with Gasteiger partial charge in [0, 0.05) is 0 Å². The maximum atomic E-state index is 12.3. The van der Waals surface area contributed by atoms with Crippen molar-refractivity contribution in [1.82, 2.24) is 14.9 Å². The van der Waals surface area contributed by atoms with Gasteiger partial charge >= 0.3 is 5.97 Å². The number of esters is 1. The van der Waals surface area contributed by atoms with E-state index < -0.39 is 5.25 Å². The van der Waals surface area contributed by atoms with Gasteiger partial charge in [-0.1, -0.05) is 23.9 Å². The van der Waals surface area contributed by atoms with Gasteiger partial charge in [0.2, 0.25) is 5.16 Å². The molecule has 0 saturated carbocycles. The zero-order chi connectivity index (χ0) is 15.7. The molecule has 1 aliphatic rings. The van der Waals surface area contributed by atoms with Crippen LogP contribution in [0.15, 0.2) is 29.4 Å². The fourth-order valence-electron chi connectivity index (χ4n) is 2.30. The third-order valence-electron chi connectivity index (χ3n) is 3.37. The van der Waals surface area contributed by atoms with Crippen LogP contribution in [0.25, 0.3) is 0 Å². The molecule has 7 nitrogen and oxygen atoms in total. The van der Waals surface area contributed by atoms with Crippen molar-refractivity contribution in [3.05, 3.63) is 35.7 Å². The molecule has 8 heteroatoms. The number of hydrogen-bond donors (Lipinski definition) is 2. The molecule has 0 amide bonds. The molecule has 0 saturated heterocycles. The van der Waals surface area contributed by atoms with Crippen LogP contribution in [0.2, 0.25) is 0 Å². The number of phenolic OH excluding ortho intramolecular Hbond substituents is 1. The second-order valence-corrected chi connectivity index (χ2v) is 5.96. The maximum absolute atomic E-state index is 12.3. The van der Waals surface area contributed by atoms with Crippen molar-refractivity contribution >= 4 is 17.7 Å². The molecule has 2 atom stereocenters. The molecule has 0 bridgehead atoms. The smallest absolute Gasteiger partial charge is 0.322 e. The van der Waals surface area contributed by atoms with Gasteiger partial charge < -0.3 is 15.3 Å². The number of fused-ring (bicyclic) bond motifs is 1. The van der Waals surface area contributed by atoms with Crippen LogP contribution in [0.5, 0.6) is 5.75 Å². The van der Waals surface area contributed by atoms with Crippen LogP contribution in [0.1, 0.15) is 24.4 Å². The molecular weight excluding hydrogens is 304 g/mol. The van der Waals surface area contributed by atoms with Crippen LogP contribution in [0.4, 0.5) is 0 Å². The molecular formula is C14H16N4O3S. The molecule has 0 fully saturated rings. The number of benzene rings is 1. The van der Waals surface area contributed by atoms with E-state index in [-0.39, 0.29) is 17.8 Å². The molecule has 0 aliphatic carbocycles. The van der Waals surface area contributed by atoms with E-state index in [2.05, 4.69) is 15.6 Å². The Kier molecular flexibility index (Phi) is 3.93. The first-order valence-corrected chi connectivity index (χ1v) is 7.79. The fourth-order valence-corrected chi connectivity index (χ4v) is 3.42. The quantitative estimate of drug-likeness (QED) is 0.831. The summed E-state index contributed by atoms with van der Waals surface area (Å²) in [6.07, 6.45) is 0. The standard InChI is InChI=1S/C14H16N4O3S/c1-3-21-13(20)12-11(9-4-6-10(19)7-5-9)17-18-8(2)15-16-14(18)22-12/h4-7,11-12,17,19H,3H2,1-2H3/t11-,12+/m0/s1. The summed E-state index contributed by atoms with van der Waals surface area (Å²) in [7, 11) is 0. The van der Waals surface area contributed by atoms with Crippen molar-refractivity contribution in [3.63, 3.8) is 0 Å². The highest BCUT2D eigenvalue weighted by molar-refractivity contribution is 8.00. The van der Waals surface area contributed by atoms with E-state index in [4.69, 9.17) is 4.74 Å². The maximum Gasteiger partial charge on any atom is 0.322 e. The van der Waals surface area contributed by atoms with Crippen molar-refractivity contribution in [2.45, 2.75) is 30.3 Å². The number of aryl methyl sites for hydroxylation is 1. The normalized spacial score (nSPS) is 20.1. The van der Waals surface area contributed by atoms with E-state index in [1.807, 2.05) is 6.92 Å². The lowest BCUT2D eigenvalue weighted by Crippen LogP contribution is -2.39. The Morgan fingerprint density at radius 1 is 1.41 bits per heavy atom. The van der Waals surface area contributed by atoms with Gasteiger partial charge in [-0.25, -0.2) is 4.68 Å². The molecule has 3 rings (SSSR count). The molecule has 1 aromatic carbocycles. The summed E-state index contributed by atoms with van der Waals surface area (Å²) in [6.45, 7) is 3.94. The summed E-state index contributed by atoms with van der Waals surface area (Å²) in [4.78, 5) is 12.3. The van der Waals surface area contributed by atoms with E-state index >= 15 is 0 Å². The van der Waals surface area contributed by atoms with Gasteiger partial charge in [-0.15, -0.1) is 10.2 Å². The topological polar surface area (TPSA) is 89.3 Å². The predicted octanol–water partition coefficient (Wildman–Crippen LogP) is 1.61. The second kappa shape index (κ2) is 5.88. The van der Waals surface area contributed by atoms with Crippen molar-refractivity contribution in [3.8, 4) is 5.75 Å². The zero-order valence-corrected chi connectivity index (χ0v) is 13.0. The average Bonchev–Trinajstić information content (AvgIpc) is 2.88. The van der Waals surface area contributed by atoms with Gasteiger partial charge in [0.1, 0.15) is 16.8 Å². The van der Waals surface area contributed by atoms with Gasteiger partial charge in [-0.3, -0.25) is 4.79 Å². The Morgan fingerprint density at radius 3 is 2.82 bits per heavy atom. The summed E-state index contributed by atoms with van der Waals surface area (Å²) in [5.74, 6) is 0.597. The van der Waals surface area contributed by atoms with E-state index in [0.717, 1.165) is 5.56 Å². The number of ether oxygens (including phenoxy) is 1. The summed E-state index contributed by atoms with van der Waals surface area (Å²) in [5, 5.41) is 17.7. The van der Waals surface area contributed by atoms with Crippen LogP contribution < -0.4 is 5.43 Å². The molecule has 22 heavy (non-hydrogen) atoms. The number of hydrogen-bond acceptors (Lipinski definition) is 7. The van der Waals surface area contributed by atoms with Crippen LogP contribution in [0, 0.1) is 6.92 Å². The lowest BCUT2D eigenvalue weighted by atomic mass is 10.0. The van der Waals surface area contributed by atoms with Crippen molar-refractivity contribution in [2.75, 3.05) is 12.0 Å². The minimum absolute atomic E-state index is 0.182. The van der Waals surface area contributed by atoms with E-state index in [9.17, 15) is 9.90 Å². The highest BCUT2D eigenvalue weighted by Crippen LogP contribution is 2.37. The Balaban J connectivity index is 1.97. The fraction of sp³-hybridized carbons (Fsp3) is 0.357. The number of aromatic nitrogens is 3. The Hall–Kier alpha value is -2.22. The Morgan fingerprint density at radius 2 is 2.14 bits per heavy atom. The summed E-state index contributed by atoms with van der Waals surface area (Å²) >= 11 is 1.32. The van der Waals surface area contributed by atoms with Crippen LogP contribution in [-0.4, -0.2) is 37.8 Å². The number of nitrogens with one attached hydrogen (secondary N) is 1. The summed E-state index contributed by atoms with van der Waals surface area (Å²) in [6, 6.07) is 6.46. The van der Waals surface area contributed by atoms with Crippen molar-refractivity contribution in [1.29, 1.82) is 0 Å². The number of thioether (sulfide) groups is 1. The molecule has 1 aromatic heterocycles. The third kappa shape index (κ3) is 2.61. The van der Waals surface area contributed by atoms with Gasteiger partial charge in [0.15, 0.2) is 0 Å². The second-order valence-electron chi connectivity index (χ2n) is 4.85. The van der Waals surface area contributed by atoms with Crippen molar-refractivity contribution in [2.24, 2.45) is 0 Å². The largest absolute Gasteiger partial charge is 0.508 e. The van der Waals surface area contributed by atoms with Crippen LogP contribution >= 0.6 is 11.8 Å². The minimum Gasteiger partial charge on any atom is -0.508 e. The van der Waals surface area contributed by atoms with E-state index in [1.54, 1.807) is 35.9 Å². The molecule has 2 aromatic rings. The molecule has 1 aliphatic heterocycles. The summed E-state index contributed by atoms with van der Waals surface area (Å²) < 4.78 is 6.93. The highest BCUT2D eigenvalue weighted by atomic mass is 32.2. The van der Waals surface area contributed by atoms with Crippen molar-refractivity contribution < 1.29 is 14.6 Å². The number of phenols is 1. The van der Waals surface area contributed by atoms with Gasteiger partial charge in [-0.2, -0.15) is 0 Å². The van der Waals surface area contributed by atoms with Crippen LogP contribution in [-0.2, 0) is 9.53 Å². The first kappa shape index (κ1) is 14.7. The van der Waals surface area contributed by atoms with Gasteiger partial charge in [0.05, 0.1) is 12.6 Å². The lowest BCUT2D eigenvalue weighted by Gasteiger charge is -2.32. The number of rotatable bonds is 3. The zero-order valence-electron chi connectivity index (χ0n) is 12.2. The minimum atomic E-state index is -0.472. The number of carbonyl (C=O) groups excluding carboxylic acids is 1. The molecule has 0 radical (unpaired) electrons. The molecule has 2 N–H and O–H groups in total.